The van der Waals surface area contributed by atoms with Gasteiger partial charge in [-0.1, -0.05) is 0 Å². The first kappa shape index (κ1) is 11.4. The predicted molar refractivity (Wildman–Crippen MR) is 57.6 cm³/mol. The lowest BCUT2D eigenvalue weighted by molar-refractivity contribution is 0.0994. The first-order valence-corrected chi connectivity index (χ1v) is 4.61. The Labute approximate surface area is 88.5 Å². The number of rotatable bonds is 5. The van der Waals surface area contributed by atoms with Crippen LogP contribution in [0.15, 0.2) is 12.1 Å². The molecule has 6 nitrogen and oxygen atoms in total. The quantitative estimate of drug-likeness (QED) is 0.686. The Morgan fingerprint density at radius 2 is 2.20 bits per heavy atom. The highest BCUT2D eigenvalue weighted by atomic mass is 16.1. The van der Waals surface area contributed by atoms with E-state index in [0.29, 0.717) is 5.82 Å². The van der Waals surface area contributed by atoms with E-state index in [1.807, 2.05) is 14.1 Å². The molecule has 15 heavy (non-hydrogen) atoms. The van der Waals surface area contributed by atoms with Crippen LogP contribution in [0.3, 0.4) is 0 Å². The second kappa shape index (κ2) is 5.26. The summed E-state index contributed by atoms with van der Waals surface area (Å²) in [5.41, 5.74) is 5.21. The largest absolute Gasteiger partial charge is 0.367 e. The van der Waals surface area contributed by atoms with Crippen molar-refractivity contribution < 1.29 is 4.79 Å². The molecule has 82 valence electrons. The third-order valence-corrected chi connectivity index (χ3v) is 1.78. The maximum atomic E-state index is 10.7. The van der Waals surface area contributed by atoms with Crippen LogP contribution in [0.5, 0.6) is 0 Å². The number of nitrogens with zero attached hydrogens (tertiary/aromatic N) is 3. The number of amides is 1. The van der Waals surface area contributed by atoms with Crippen molar-refractivity contribution in [3.05, 3.63) is 17.8 Å². The smallest absolute Gasteiger partial charge is 0.269 e. The minimum absolute atomic E-state index is 0.174. The zero-order valence-corrected chi connectivity index (χ0v) is 8.90. The van der Waals surface area contributed by atoms with E-state index < -0.39 is 5.91 Å². The molecule has 0 saturated heterocycles. The van der Waals surface area contributed by atoms with Crippen LogP contribution in [0.1, 0.15) is 10.5 Å². The number of hydrogen-bond acceptors (Lipinski definition) is 5. The highest BCUT2D eigenvalue weighted by molar-refractivity contribution is 5.90. The zero-order chi connectivity index (χ0) is 11.3. The summed E-state index contributed by atoms with van der Waals surface area (Å²) < 4.78 is 0. The van der Waals surface area contributed by atoms with Crippen molar-refractivity contribution in [2.24, 2.45) is 5.73 Å². The molecule has 1 aromatic rings. The summed E-state index contributed by atoms with van der Waals surface area (Å²) in [6, 6.07) is 3.23. The van der Waals surface area contributed by atoms with E-state index in [-0.39, 0.29) is 5.69 Å². The van der Waals surface area contributed by atoms with Gasteiger partial charge in [0.15, 0.2) is 5.69 Å². The molecule has 1 amide bonds. The molecule has 0 aliphatic heterocycles. The number of nitrogens with two attached hydrogens (primary N) is 1. The Morgan fingerprint density at radius 1 is 1.47 bits per heavy atom. The van der Waals surface area contributed by atoms with Crippen molar-refractivity contribution in [1.82, 2.24) is 15.1 Å². The van der Waals surface area contributed by atoms with Gasteiger partial charge in [0.1, 0.15) is 5.82 Å². The Kier molecular flexibility index (Phi) is 3.99. The molecule has 3 N–H and O–H groups in total. The average Bonchev–Trinajstić information content (AvgIpc) is 2.18. The fourth-order valence-corrected chi connectivity index (χ4v) is 0.966. The number of primary amides is 1. The zero-order valence-electron chi connectivity index (χ0n) is 8.90. The first-order valence-electron chi connectivity index (χ1n) is 4.61. The molecule has 0 aliphatic carbocycles. The lowest BCUT2D eigenvalue weighted by atomic mass is 10.4. The summed E-state index contributed by atoms with van der Waals surface area (Å²) in [6.45, 7) is 1.68. The summed E-state index contributed by atoms with van der Waals surface area (Å²) in [5.74, 6) is 0.0733. The Balaban J connectivity index is 2.46. The summed E-state index contributed by atoms with van der Waals surface area (Å²) in [6.07, 6.45) is 0. The Bertz CT molecular complexity index is 322. The highest BCUT2D eigenvalue weighted by Crippen LogP contribution is 2.00. The second-order valence-corrected chi connectivity index (χ2v) is 3.40. The Morgan fingerprint density at radius 3 is 2.67 bits per heavy atom. The van der Waals surface area contributed by atoms with Crippen molar-refractivity contribution in [2.45, 2.75) is 0 Å². The van der Waals surface area contributed by atoms with E-state index >= 15 is 0 Å². The van der Waals surface area contributed by atoms with Gasteiger partial charge in [-0.15, -0.1) is 10.2 Å². The summed E-state index contributed by atoms with van der Waals surface area (Å²) >= 11 is 0. The molecule has 0 aromatic carbocycles. The lowest BCUT2D eigenvalue weighted by Gasteiger charge is -2.10. The number of nitrogens with one attached hydrogen (secondary N) is 1. The van der Waals surface area contributed by atoms with Gasteiger partial charge in [-0.3, -0.25) is 4.79 Å². The van der Waals surface area contributed by atoms with Crippen LogP contribution < -0.4 is 11.1 Å². The van der Waals surface area contributed by atoms with Gasteiger partial charge in [0.05, 0.1) is 0 Å². The summed E-state index contributed by atoms with van der Waals surface area (Å²) in [5, 5.41) is 10.6. The maximum Gasteiger partial charge on any atom is 0.269 e. The fraction of sp³-hybridized carbons (Fsp3) is 0.444. The molecule has 1 heterocycles. The molecule has 0 saturated carbocycles. The Hall–Kier alpha value is -1.69. The van der Waals surface area contributed by atoms with Crippen molar-refractivity contribution in [3.63, 3.8) is 0 Å². The van der Waals surface area contributed by atoms with Gasteiger partial charge in [0.2, 0.25) is 0 Å². The topological polar surface area (TPSA) is 84.1 Å². The third kappa shape index (κ3) is 3.90. The van der Waals surface area contributed by atoms with Gasteiger partial charge in [-0.2, -0.15) is 0 Å². The van der Waals surface area contributed by atoms with Gasteiger partial charge in [0.25, 0.3) is 5.91 Å². The van der Waals surface area contributed by atoms with Crippen LogP contribution in [0.4, 0.5) is 5.82 Å². The van der Waals surface area contributed by atoms with Crippen LogP contribution in [-0.4, -0.2) is 48.2 Å². The van der Waals surface area contributed by atoms with E-state index in [9.17, 15) is 4.79 Å². The van der Waals surface area contributed by atoms with Gasteiger partial charge in [-0.05, 0) is 26.2 Å². The van der Waals surface area contributed by atoms with E-state index in [0.717, 1.165) is 13.1 Å². The lowest BCUT2D eigenvalue weighted by Crippen LogP contribution is -2.21. The number of anilines is 1. The number of carbonyl (C=O) groups is 1. The maximum absolute atomic E-state index is 10.7. The van der Waals surface area contributed by atoms with Crippen molar-refractivity contribution >= 4 is 11.7 Å². The predicted octanol–water partition coefficient (Wildman–Crippen LogP) is -0.451. The average molecular weight is 209 g/mol. The number of carbonyl (C=O) groups excluding carboxylic acids is 1. The molecular formula is C9H15N5O. The molecule has 1 rings (SSSR count). The van der Waals surface area contributed by atoms with Gasteiger partial charge >= 0.3 is 0 Å². The van der Waals surface area contributed by atoms with Crippen molar-refractivity contribution in [3.8, 4) is 0 Å². The van der Waals surface area contributed by atoms with E-state index in [1.54, 1.807) is 12.1 Å². The molecule has 1 aromatic heterocycles. The minimum Gasteiger partial charge on any atom is -0.367 e. The second-order valence-electron chi connectivity index (χ2n) is 3.40. The summed E-state index contributed by atoms with van der Waals surface area (Å²) in [7, 11) is 3.98. The van der Waals surface area contributed by atoms with Crippen LogP contribution in [0.25, 0.3) is 0 Å². The number of likely N-dealkylation sites (N-methyl/N-ethyl adjacent to an activating group) is 1. The molecule has 0 spiro atoms. The van der Waals surface area contributed by atoms with E-state index in [4.69, 9.17) is 5.73 Å². The van der Waals surface area contributed by atoms with Crippen molar-refractivity contribution in [1.29, 1.82) is 0 Å². The molecule has 0 unspecified atom stereocenters. The van der Waals surface area contributed by atoms with Gasteiger partial charge in [-0.25, -0.2) is 0 Å². The standard InChI is InChI=1S/C9H15N5O/c1-14(2)6-5-11-8-4-3-7(9(10)15)12-13-8/h3-4H,5-6H2,1-2H3,(H2,10,15)(H,11,13). The molecule has 0 fully saturated rings. The highest BCUT2D eigenvalue weighted by Gasteiger charge is 2.02. The molecular weight excluding hydrogens is 194 g/mol. The minimum atomic E-state index is -0.567. The fourth-order valence-electron chi connectivity index (χ4n) is 0.966. The van der Waals surface area contributed by atoms with Crippen LogP contribution in [0, 0.1) is 0 Å². The number of hydrogen-bond donors (Lipinski definition) is 2. The van der Waals surface area contributed by atoms with Crippen LogP contribution in [-0.2, 0) is 0 Å². The van der Waals surface area contributed by atoms with E-state index in [1.165, 1.54) is 0 Å². The summed E-state index contributed by atoms with van der Waals surface area (Å²) in [4.78, 5) is 12.8. The van der Waals surface area contributed by atoms with Crippen LogP contribution >= 0.6 is 0 Å². The molecule has 6 heteroatoms. The van der Waals surface area contributed by atoms with Crippen molar-refractivity contribution in [2.75, 3.05) is 32.5 Å². The van der Waals surface area contributed by atoms with Gasteiger partial charge < -0.3 is 16.0 Å². The number of aromatic nitrogens is 2. The molecule has 0 aliphatic rings. The molecule has 0 atom stereocenters. The van der Waals surface area contributed by atoms with E-state index in [2.05, 4.69) is 20.4 Å². The first-order chi connectivity index (χ1) is 7.09. The van der Waals surface area contributed by atoms with Crippen LogP contribution in [0.2, 0.25) is 0 Å². The SMILES string of the molecule is CN(C)CCNc1ccc(C(N)=O)nn1. The monoisotopic (exact) mass is 209 g/mol. The van der Waals surface area contributed by atoms with Gasteiger partial charge in [0, 0.05) is 13.1 Å². The third-order valence-electron chi connectivity index (χ3n) is 1.78. The molecule has 0 bridgehead atoms. The molecule has 0 radical (unpaired) electrons. The normalized spacial score (nSPS) is 10.3.